The molecule has 0 aliphatic carbocycles. The molecule has 0 bridgehead atoms. The molecular weight excluding hydrogens is 200 g/mol. The van der Waals surface area contributed by atoms with E-state index in [1.807, 2.05) is 25.1 Å². The van der Waals surface area contributed by atoms with Gasteiger partial charge in [0.25, 0.3) is 0 Å². The molecule has 1 aliphatic rings. The Bertz CT molecular complexity index is 387. The summed E-state index contributed by atoms with van der Waals surface area (Å²) in [6.07, 6.45) is 0.998. The summed E-state index contributed by atoms with van der Waals surface area (Å²) in [6.45, 7) is 5.96. The number of hydrogen-bond acceptors (Lipinski definition) is 3. The molecule has 3 heteroatoms. The highest BCUT2D eigenvalue weighted by Crippen LogP contribution is 2.20. The van der Waals surface area contributed by atoms with E-state index in [4.69, 9.17) is 4.74 Å². The second kappa shape index (κ2) is 5.01. The van der Waals surface area contributed by atoms with Crippen LogP contribution in [0.4, 0.5) is 0 Å². The lowest BCUT2D eigenvalue weighted by Gasteiger charge is -2.17. The average molecular weight is 218 g/mol. The third-order valence-electron chi connectivity index (χ3n) is 2.74. The topological polar surface area (TPSA) is 33.6 Å². The predicted molar refractivity (Wildman–Crippen MR) is 66.2 cm³/mol. The number of hydrogen-bond donors (Lipinski definition) is 1. The molecule has 86 valence electrons. The van der Waals surface area contributed by atoms with E-state index < -0.39 is 0 Å². The van der Waals surface area contributed by atoms with Gasteiger partial charge in [-0.2, -0.15) is 0 Å². The van der Waals surface area contributed by atoms with Crippen molar-refractivity contribution in [3.8, 4) is 5.75 Å². The summed E-state index contributed by atoms with van der Waals surface area (Å²) in [7, 11) is 0. The molecular formula is C13H18N2O. The minimum absolute atomic E-state index is 0.00944. The Hall–Kier alpha value is -1.51. The zero-order valence-corrected chi connectivity index (χ0v) is 9.86. The fourth-order valence-corrected chi connectivity index (χ4v) is 1.85. The fourth-order valence-electron chi connectivity index (χ4n) is 1.85. The van der Waals surface area contributed by atoms with Crippen molar-refractivity contribution in [1.82, 2.24) is 5.32 Å². The van der Waals surface area contributed by atoms with Gasteiger partial charge in [-0.1, -0.05) is 25.1 Å². The highest BCUT2D eigenvalue weighted by Gasteiger charge is 2.16. The quantitative estimate of drug-likeness (QED) is 0.838. The Kier molecular flexibility index (Phi) is 3.44. The van der Waals surface area contributed by atoms with E-state index in [1.165, 1.54) is 5.56 Å². The van der Waals surface area contributed by atoms with Gasteiger partial charge in [0.05, 0.1) is 6.54 Å². The van der Waals surface area contributed by atoms with Crippen molar-refractivity contribution < 1.29 is 4.74 Å². The van der Waals surface area contributed by atoms with Crippen LogP contribution in [0.25, 0.3) is 0 Å². The van der Waals surface area contributed by atoms with Crippen LogP contribution in [0.5, 0.6) is 5.75 Å². The van der Waals surface area contributed by atoms with Gasteiger partial charge >= 0.3 is 0 Å². The first kappa shape index (κ1) is 11.0. The summed E-state index contributed by atoms with van der Waals surface area (Å²) in [4.78, 5) is 4.37. The number of aryl methyl sites for hydroxylation is 1. The van der Waals surface area contributed by atoms with Crippen molar-refractivity contribution in [2.24, 2.45) is 4.99 Å². The lowest BCUT2D eigenvalue weighted by molar-refractivity contribution is 0.281. The molecule has 1 N–H and O–H groups in total. The van der Waals surface area contributed by atoms with Crippen LogP contribution < -0.4 is 10.1 Å². The third-order valence-corrected chi connectivity index (χ3v) is 2.74. The molecule has 0 saturated heterocycles. The van der Waals surface area contributed by atoms with Crippen LogP contribution in [0.2, 0.25) is 0 Å². The van der Waals surface area contributed by atoms with E-state index in [-0.39, 0.29) is 6.10 Å². The summed E-state index contributed by atoms with van der Waals surface area (Å²) in [6, 6.07) is 8.17. The molecule has 16 heavy (non-hydrogen) atoms. The normalized spacial score (nSPS) is 16.5. The smallest absolute Gasteiger partial charge is 0.152 e. The van der Waals surface area contributed by atoms with E-state index in [0.717, 1.165) is 31.1 Å². The number of para-hydroxylation sites is 1. The van der Waals surface area contributed by atoms with Gasteiger partial charge < -0.3 is 10.1 Å². The molecule has 1 heterocycles. The van der Waals surface area contributed by atoms with Gasteiger partial charge in [-0.25, -0.2) is 0 Å². The van der Waals surface area contributed by atoms with Crippen LogP contribution in [0.1, 0.15) is 19.4 Å². The summed E-state index contributed by atoms with van der Waals surface area (Å²) in [5.41, 5.74) is 1.24. The first-order chi connectivity index (χ1) is 7.81. The van der Waals surface area contributed by atoms with Crippen molar-refractivity contribution in [3.63, 3.8) is 0 Å². The minimum Gasteiger partial charge on any atom is -0.483 e. The van der Waals surface area contributed by atoms with Gasteiger partial charge in [0, 0.05) is 6.54 Å². The SMILES string of the molecule is CCc1ccccc1OC(C)C1=NCCN1. The monoisotopic (exact) mass is 218 g/mol. The molecule has 2 rings (SSSR count). The maximum Gasteiger partial charge on any atom is 0.152 e. The van der Waals surface area contributed by atoms with Gasteiger partial charge in [0.15, 0.2) is 6.10 Å². The number of nitrogens with one attached hydrogen (secondary N) is 1. The van der Waals surface area contributed by atoms with Crippen molar-refractivity contribution in [2.45, 2.75) is 26.4 Å². The molecule has 1 atom stereocenters. The molecule has 0 amide bonds. The van der Waals surface area contributed by atoms with Gasteiger partial charge in [0.2, 0.25) is 0 Å². The highest BCUT2D eigenvalue weighted by atomic mass is 16.5. The van der Waals surface area contributed by atoms with Crippen LogP contribution in [-0.2, 0) is 6.42 Å². The summed E-state index contributed by atoms with van der Waals surface area (Å²) in [5.74, 6) is 1.93. The molecule has 1 aromatic carbocycles. The average Bonchev–Trinajstić information content (AvgIpc) is 2.83. The van der Waals surface area contributed by atoms with Crippen LogP contribution in [0.3, 0.4) is 0 Å². The molecule has 0 aromatic heterocycles. The molecule has 0 spiro atoms. The van der Waals surface area contributed by atoms with Gasteiger partial charge in [-0.05, 0) is 25.0 Å². The van der Waals surface area contributed by atoms with Gasteiger partial charge in [0.1, 0.15) is 11.6 Å². The number of rotatable bonds is 4. The van der Waals surface area contributed by atoms with E-state index in [1.54, 1.807) is 0 Å². The Morgan fingerprint density at radius 2 is 2.25 bits per heavy atom. The molecule has 0 fully saturated rings. The Balaban J connectivity index is 2.08. The lowest BCUT2D eigenvalue weighted by Crippen LogP contribution is -2.33. The van der Waals surface area contributed by atoms with Crippen LogP contribution >= 0.6 is 0 Å². The standard InChI is InChI=1S/C13H18N2O/c1-3-11-6-4-5-7-12(11)16-10(2)13-14-8-9-15-13/h4-7,10H,3,8-9H2,1-2H3,(H,14,15). The Labute approximate surface area is 96.5 Å². The molecule has 0 radical (unpaired) electrons. The summed E-state index contributed by atoms with van der Waals surface area (Å²) < 4.78 is 5.93. The van der Waals surface area contributed by atoms with Crippen LogP contribution in [-0.4, -0.2) is 25.0 Å². The zero-order valence-electron chi connectivity index (χ0n) is 9.86. The van der Waals surface area contributed by atoms with Crippen LogP contribution in [0, 0.1) is 0 Å². The summed E-state index contributed by atoms with van der Waals surface area (Å²) in [5, 5.41) is 3.24. The third kappa shape index (κ3) is 2.35. The first-order valence-corrected chi connectivity index (χ1v) is 5.84. The number of amidine groups is 1. The summed E-state index contributed by atoms with van der Waals surface area (Å²) >= 11 is 0. The molecule has 3 nitrogen and oxygen atoms in total. The predicted octanol–water partition coefficient (Wildman–Crippen LogP) is 2.02. The minimum atomic E-state index is 0.00944. The Morgan fingerprint density at radius 3 is 2.94 bits per heavy atom. The van der Waals surface area contributed by atoms with Crippen molar-refractivity contribution in [2.75, 3.05) is 13.1 Å². The number of benzene rings is 1. The molecule has 0 saturated carbocycles. The fraction of sp³-hybridized carbons (Fsp3) is 0.462. The second-order valence-corrected chi connectivity index (χ2v) is 3.92. The van der Waals surface area contributed by atoms with Crippen molar-refractivity contribution in [3.05, 3.63) is 29.8 Å². The van der Waals surface area contributed by atoms with Crippen molar-refractivity contribution >= 4 is 5.84 Å². The van der Waals surface area contributed by atoms with E-state index in [2.05, 4.69) is 23.3 Å². The van der Waals surface area contributed by atoms with Crippen LogP contribution in [0.15, 0.2) is 29.3 Å². The number of ether oxygens (including phenoxy) is 1. The van der Waals surface area contributed by atoms with E-state index in [9.17, 15) is 0 Å². The van der Waals surface area contributed by atoms with Gasteiger partial charge in [-0.15, -0.1) is 0 Å². The second-order valence-electron chi connectivity index (χ2n) is 3.92. The van der Waals surface area contributed by atoms with Crippen molar-refractivity contribution in [1.29, 1.82) is 0 Å². The van der Waals surface area contributed by atoms with Gasteiger partial charge in [-0.3, -0.25) is 4.99 Å². The Morgan fingerprint density at radius 1 is 1.44 bits per heavy atom. The highest BCUT2D eigenvalue weighted by molar-refractivity contribution is 5.87. The maximum atomic E-state index is 5.93. The zero-order chi connectivity index (χ0) is 11.4. The molecule has 1 unspecified atom stereocenters. The molecule has 1 aliphatic heterocycles. The van der Waals surface area contributed by atoms with E-state index >= 15 is 0 Å². The number of aliphatic imine (C=N–C) groups is 1. The first-order valence-electron chi connectivity index (χ1n) is 5.84. The molecule has 1 aromatic rings. The lowest BCUT2D eigenvalue weighted by atomic mass is 10.1. The largest absolute Gasteiger partial charge is 0.483 e. The number of nitrogens with zero attached hydrogens (tertiary/aromatic N) is 1. The van der Waals surface area contributed by atoms with E-state index in [0.29, 0.717) is 0 Å². The maximum absolute atomic E-state index is 5.93.